The zero-order chi connectivity index (χ0) is 15.9. The number of methoxy groups -OCH3 is 2. The Balaban J connectivity index is 2.25. The zero-order valence-corrected chi connectivity index (χ0v) is 13.3. The monoisotopic (exact) mass is 295 g/mol. The van der Waals surface area contributed by atoms with Crippen molar-refractivity contribution >= 4 is 0 Å². The van der Waals surface area contributed by atoms with Crippen LogP contribution in [-0.4, -0.2) is 14.2 Å². The average molecular weight is 295 g/mol. The summed E-state index contributed by atoms with van der Waals surface area (Å²) >= 11 is 0. The summed E-state index contributed by atoms with van der Waals surface area (Å²) in [6.07, 6.45) is 1.59. The van der Waals surface area contributed by atoms with Gasteiger partial charge in [0.2, 0.25) is 0 Å². The zero-order valence-electron chi connectivity index (χ0n) is 13.3. The molecule has 0 aliphatic carbocycles. The van der Waals surface area contributed by atoms with Crippen LogP contribution in [0.3, 0.4) is 0 Å². The molecule has 0 N–H and O–H groups in total. The molecular formula is C19H21NO2. The third kappa shape index (κ3) is 3.59. The van der Waals surface area contributed by atoms with Crippen molar-refractivity contribution in [2.75, 3.05) is 14.2 Å². The van der Waals surface area contributed by atoms with Gasteiger partial charge in [-0.1, -0.05) is 31.2 Å². The molecule has 0 radical (unpaired) electrons. The van der Waals surface area contributed by atoms with Crippen molar-refractivity contribution in [3.05, 3.63) is 59.2 Å². The molecule has 0 saturated heterocycles. The number of benzene rings is 2. The molecule has 3 heteroatoms. The number of nitrogens with zero attached hydrogens (tertiary/aromatic N) is 1. The third-order valence-corrected chi connectivity index (χ3v) is 3.82. The largest absolute Gasteiger partial charge is 0.497 e. The predicted octanol–water partition coefficient (Wildman–Crippen LogP) is 4.12. The van der Waals surface area contributed by atoms with Gasteiger partial charge in [-0.15, -0.1) is 0 Å². The maximum atomic E-state index is 9.52. The van der Waals surface area contributed by atoms with E-state index in [1.807, 2.05) is 36.4 Å². The molecule has 0 aliphatic rings. The quantitative estimate of drug-likeness (QED) is 0.805. The molecule has 0 fully saturated rings. The maximum absolute atomic E-state index is 9.52. The van der Waals surface area contributed by atoms with Gasteiger partial charge < -0.3 is 9.47 Å². The van der Waals surface area contributed by atoms with Crippen molar-refractivity contribution in [2.45, 2.75) is 25.7 Å². The Labute approximate surface area is 132 Å². The lowest BCUT2D eigenvalue weighted by atomic mass is 9.92. The van der Waals surface area contributed by atoms with E-state index in [-0.39, 0.29) is 5.92 Å². The molecule has 0 amide bonds. The van der Waals surface area contributed by atoms with E-state index >= 15 is 0 Å². The summed E-state index contributed by atoms with van der Waals surface area (Å²) in [5.74, 6) is 1.50. The summed E-state index contributed by atoms with van der Waals surface area (Å²) in [6.45, 7) is 2.10. The van der Waals surface area contributed by atoms with Crippen molar-refractivity contribution in [3.8, 4) is 17.6 Å². The van der Waals surface area contributed by atoms with Crippen LogP contribution in [0, 0.1) is 11.3 Å². The van der Waals surface area contributed by atoms with Crippen molar-refractivity contribution in [1.82, 2.24) is 0 Å². The highest BCUT2D eigenvalue weighted by Crippen LogP contribution is 2.27. The van der Waals surface area contributed by atoms with Gasteiger partial charge in [-0.2, -0.15) is 5.26 Å². The molecule has 1 unspecified atom stereocenters. The van der Waals surface area contributed by atoms with Crippen molar-refractivity contribution < 1.29 is 9.47 Å². The van der Waals surface area contributed by atoms with Crippen molar-refractivity contribution in [2.24, 2.45) is 0 Å². The fraction of sp³-hybridized carbons (Fsp3) is 0.316. The van der Waals surface area contributed by atoms with Crippen LogP contribution in [-0.2, 0) is 12.8 Å². The standard InChI is InChI=1S/C19H21NO2/c1-4-15-10-14(8-9-19(15)22-3)11-17(13-20)16-6-5-7-18(12-16)21-2/h5-10,12,17H,4,11H2,1-3H3. The van der Waals surface area contributed by atoms with Gasteiger partial charge in [0.1, 0.15) is 11.5 Å². The van der Waals surface area contributed by atoms with E-state index in [1.54, 1.807) is 14.2 Å². The molecule has 0 saturated carbocycles. The van der Waals surface area contributed by atoms with Crippen molar-refractivity contribution in [1.29, 1.82) is 5.26 Å². The molecule has 1 atom stereocenters. The van der Waals surface area contributed by atoms with Gasteiger partial charge in [0.05, 0.1) is 26.2 Å². The molecule has 22 heavy (non-hydrogen) atoms. The number of ether oxygens (including phenoxy) is 2. The Kier molecular flexibility index (Phi) is 5.43. The summed E-state index contributed by atoms with van der Waals surface area (Å²) in [4.78, 5) is 0. The van der Waals surface area contributed by atoms with Crippen LogP contribution in [0.5, 0.6) is 11.5 Å². The smallest absolute Gasteiger partial charge is 0.122 e. The molecule has 0 aromatic heterocycles. The highest BCUT2D eigenvalue weighted by molar-refractivity contribution is 5.40. The summed E-state index contributed by atoms with van der Waals surface area (Å²) in [5.41, 5.74) is 3.30. The molecule has 0 aliphatic heterocycles. The van der Waals surface area contributed by atoms with Crippen LogP contribution in [0.15, 0.2) is 42.5 Å². The predicted molar refractivity (Wildman–Crippen MR) is 87.4 cm³/mol. The van der Waals surface area contributed by atoms with Crippen LogP contribution >= 0.6 is 0 Å². The minimum atomic E-state index is -0.187. The molecule has 2 aromatic carbocycles. The van der Waals surface area contributed by atoms with Gasteiger partial charge in [-0.25, -0.2) is 0 Å². The van der Waals surface area contributed by atoms with Crippen LogP contribution in [0.2, 0.25) is 0 Å². The van der Waals surface area contributed by atoms with Crippen LogP contribution in [0.25, 0.3) is 0 Å². The topological polar surface area (TPSA) is 42.2 Å². The van der Waals surface area contributed by atoms with Gasteiger partial charge in [0, 0.05) is 0 Å². The van der Waals surface area contributed by atoms with Crippen molar-refractivity contribution in [3.63, 3.8) is 0 Å². The van der Waals surface area contributed by atoms with Crippen LogP contribution < -0.4 is 9.47 Å². The molecule has 2 rings (SSSR count). The second-order valence-electron chi connectivity index (χ2n) is 5.16. The molecular weight excluding hydrogens is 274 g/mol. The van der Waals surface area contributed by atoms with E-state index in [0.717, 1.165) is 29.0 Å². The lowest BCUT2D eigenvalue weighted by Crippen LogP contribution is -2.02. The van der Waals surface area contributed by atoms with E-state index in [0.29, 0.717) is 6.42 Å². The highest BCUT2D eigenvalue weighted by Gasteiger charge is 2.13. The minimum absolute atomic E-state index is 0.187. The van der Waals surface area contributed by atoms with Gasteiger partial charge in [-0.3, -0.25) is 0 Å². The molecule has 0 bridgehead atoms. The van der Waals surface area contributed by atoms with Gasteiger partial charge in [0.15, 0.2) is 0 Å². The van der Waals surface area contributed by atoms with E-state index in [2.05, 4.69) is 19.1 Å². The first kappa shape index (κ1) is 15.9. The molecule has 0 heterocycles. The minimum Gasteiger partial charge on any atom is -0.497 e. The van der Waals surface area contributed by atoms with Gasteiger partial charge in [-0.05, 0) is 47.7 Å². The maximum Gasteiger partial charge on any atom is 0.122 e. The summed E-state index contributed by atoms with van der Waals surface area (Å²) in [6, 6.07) is 16.2. The Morgan fingerprint density at radius 2 is 1.91 bits per heavy atom. The lowest BCUT2D eigenvalue weighted by Gasteiger charge is -2.13. The average Bonchev–Trinajstić information content (AvgIpc) is 2.59. The number of aryl methyl sites for hydroxylation is 1. The van der Waals surface area contributed by atoms with Crippen LogP contribution in [0.1, 0.15) is 29.5 Å². The molecule has 114 valence electrons. The fourth-order valence-electron chi connectivity index (χ4n) is 2.57. The van der Waals surface area contributed by atoms with E-state index < -0.39 is 0 Å². The lowest BCUT2D eigenvalue weighted by molar-refractivity contribution is 0.410. The molecule has 3 nitrogen and oxygen atoms in total. The van der Waals surface area contributed by atoms with E-state index in [1.165, 1.54) is 5.56 Å². The number of nitriles is 1. The summed E-state index contributed by atoms with van der Waals surface area (Å²) in [7, 11) is 3.32. The van der Waals surface area contributed by atoms with E-state index in [4.69, 9.17) is 9.47 Å². The summed E-state index contributed by atoms with van der Waals surface area (Å²) < 4.78 is 10.6. The Hall–Kier alpha value is -2.47. The summed E-state index contributed by atoms with van der Waals surface area (Å²) in [5, 5.41) is 9.52. The van der Waals surface area contributed by atoms with Gasteiger partial charge in [0.25, 0.3) is 0 Å². The first-order valence-electron chi connectivity index (χ1n) is 7.41. The third-order valence-electron chi connectivity index (χ3n) is 3.82. The number of hydrogen-bond donors (Lipinski definition) is 0. The van der Waals surface area contributed by atoms with Gasteiger partial charge >= 0.3 is 0 Å². The second kappa shape index (κ2) is 7.51. The first-order valence-corrected chi connectivity index (χ1v) is 7.41. The second-order valence-corrected chi connectivity index (χ2v) is 5.16. The van der Waals surface area contributed by atoms with Crippen LogP contribution in [0.4, 0.5) is 0 Å². The van der Waals surface area contributed by atoms with E-state index in [9.17, 15) is 5.26 Å². The number of hydrogen-bond acceptors (Lipinski definition) is 3. The first-order chi connectivity index (χ1) is 10.7. The Morgan fingerprint density at radius 1 is 1.09 bits per heavy atom. The SMILES string of the molecule is CCc1cc(CC(C#N)c2cccc(OC)c2)ccc1OC. The molecule has 0 spiro atoms. The Bertz CT molecular complexity index is 673. The highest BCUT2D eigenvalue weighted by atomic mass is 16.5. The fourth-order valence-corrected chi connectivity index (χ4v) is 2.57. The Morgan fingerprint density at radius 3 is 2.55 bits per heavy atom. The number of rotatable bonds is 6. The molecule has 2 aromatic rings. The normalized spacial score (nSPS) is 11.5.